The summed E-state index contributed by atoms with van der Waals surface area (Å²) in [6.45, 7) is 13.5. The van der Waals surface area contributed by atoms with Crippen LogP contribution < -0.4 is 10.2 Å². The third-order valence-corrected chi connectivity index (χ3v) is 5.03. The Hall–Kier alpha value is -2.04. The van der Waals surface area contributed by atoms with Crippen molar-refractivity contribution in [3.8, 4) is 5.75 Å². The van der Waals surface area contributed by atoms with Gasteiger partial charge in [-0.2, -0.15) is 0 Å². The van der Waals surface area contributed by atoms with Gasteiger partial charge in [0.15, 0.2) is 0 Å². The van der Waals surface area contributed by atoms with Gasteiger partial charge in [0.25, 0.3) is 0 Å². The number of aliphatic carboxylic acids is 2. The molecule has 5 heteroatoms. The molecule has 0 bridgehead atoms. The largest absolute Gasteiger partial charge is 0.549 e. The summed E-state index contributed by atoms with van der Waals surface area (Å²) in [5.74, 6) is -3.09. The molecule has 152 valence electrons. The Morgan fingerprint density at radius 1 is 0.926 bits per heavy atom. The van der Waals surface area contributed by atoms with Crippen LogP contribution in [0.15, 0.2) is 12.1 Å². The van der Waals surface area contributed by atoms with Crippen molar-refractivity contribution in [2.24, 2.45) is 5.41 Å². The lowest BCUT2D eigenvalue weighted by atomic mass is 9.73. The van der Waals surface area contributed by atoms with Crippen molar-refractivity contribution < 1.29 is 24.9 Å². The second-order valence-corrected chi connectivity index (χ2v) is 9.48. The predicted molar refractivity (Wildman–Crippen MR) is 101 cm³/mol. The Balaban J connectivity index is 3.64. The third kappa shape index (κ3) is 5.02. The molecular formula is C22H32O5-2. The van der Waals surface area contributed by atoms with Crippen LogP contribution in [0.5, 0.6) is 5.75 Å². The molecule has 0 aromatic heterocycles. The van der Waals surface area contributed by atoms with Gasteiger partial charge in [-0.25, -0.2) is 0 Å². The Bertz CT molecular complexity index is 655. The Morgan fingerprint density at radius 2 is 1.33 bits per heavy atom. The molecule has 0 aliphatic heterocycles. The Kier molecular flexibility index (Phi) is 6.74. The van der Waals surface area contributed by atoms with Crippen molar-refractivity contribution in [3.63, 3.8) is 0 Å². The molecule has 0 unspecified atom stereocenters. The average molecular weight is 376 g/mol. The molecule has 0 aliphatic carbocycles. The van der Waals surface area contributed by atoms with Crippen LogP contribution in [0.3, 0.4) is 0 Å². The molecule has 0 saturated heterocycles. The van der Waals surface area contributed by atoms with E-state index in [4.69, 9.17) is 0 Å². The fourth-order valence-electron chi connectivity index (χ4n) is 3.29. The summed E-state index contributed by atoms with van der Waals surface area (Å²) in [6, 6.07) is 3.41. The molecule has 1 aromatic rings. The quantitative estimate of drug-likeness (QED) is 0.735. The number of rotatable bonds is 7. The smallest absolute Gasteiger partial charge is 0.123 e. The molecule has 0 aliphatic rings. The van der Waals surface area contributed by atoms with Gasteiger partial charge in [0.05, 0.1) is 17.4 Å². The summed E-state index contributed by atoms with van der Waals surface area (Å²) in [5.41, 5.74) is -1.01. The highest BCUT2D eigenvalue weighted by Gasteiger charge is 2.35. The van der Waals surface area contributed by atoms with Gasteiger partial charge in [-0.3, -0.25) is 0 Å². The fourth-order valence-corrected chi connectivity index (χ4v) is 3.29. The van der Waals surface area contributed by atoms with Gasteiger partial charge in [0.1, 0.15) is 5.75 Å². The van der Waals surface area contributed by atoms with E-state index in [2.05, 4.69) is 0 Å². The molecule has 0 atom stereocenters. The van der Waals surface area contributed by atoms with Crippen molar-refractivity contribution >= 4 is 11.9 Å². The molecule has 0 heterocycles. The first kappa shape index (κ1) is 23.0. The van der Waals surface area contributed by atoms with Gasteiger partial charge in [-0.15, -0.1) is 0 Å². The van der Waals surface area contributed by atoms with E-state index in [-0.39, 0.29) is 18.6 Å². The monoisotopic (exact) mass is 376 g/mol. The zero-order chi connectivity index (χ0) is 21.2. The predicted octanol–water partition coefficient (Wildman–Crippen LogP) is 2.21. The molecule has 0 saturated carbocycles. The first-order chi connectivity index (χ1) is 12.2. The summed E-state index contributed by atoms with van der Waals surface area (Å²) in [4.78, 5) is 23.6. The van der Waals surface area contributed by atoms with Crippen molar-refractivity contribution in [3.05, 3.63) is 28.8 Å². The second kappa shape index (κ2) is 7.91. The summed E-state index contributed by atoms with van der Waals surface area (Å²) in [5, 5.41) is 34.4. The maximum Gasteiger partial charge on any atom is 0.123 e. The van der Waals surface area contributed by atoms with Crippen LogP contribution in [0.2, 0.25) is 0 Å². The molecule has 27 heavy (non-hydrogen) atoms. The van der Waals surface area contributed by atoms with Crippen LogP contribution in [0.25, 0.3) is 0 Å². The molecule has 1 aromatic carbocycles. The lowest BCUT2D eigenvalue weighted by Gasteiger charge is -2.37. The maximum absolute atomic E-state index is 11.8. The normalized spacial score (nSPS) is 12.9. The minimum atomic E-state index is -2.09. The van der Waals surface area contributed by atoms with Crippen molar-refractivity contribution in [2.45, 2.75) is 85.0 Å². The van der Waals surface area contributed by atoms with Crippen LogP contribution in [0.1, 0.15) is 84.4 Å². The van der Waals surface area contributed by atoms with E-state index in [1.807, 2.05) is 48.5 Å². The number of phenolic OH excluding ortho intramolecular Hbond substituents is 1. The first-order valence-corrected chi connectivity index (χ1v) is 9.46. The van der Waals surface area contributed by atoms with E-state index in [1.165, 1.54) is 0 Å². The van der Waals surface area contributed by atoms with Gasteiger partial charge in [0, 0.05) is 0 Å². The van der Waals surface area contributed by atoms with Crippen molar-refractivity contribution in [1.82, 2.24) is 0 Å². The Labute approximate surface area is 162 Å². The van der Waals surface area contributed by atoms with Crippen LogP contribution in [-0.2, 0) is 26.8 Å². The van der Waals surface area contributed by atoms with E-state index >= 15 is 0 Å². The minimum absolute atomic E-state index is 0.0508. The standard InChI is InChI=1S/C22H34O5/c1-8-9-10-22(18(24)25,19(26)27)13-14-11-15(20(2,3)4)17(23)16(12-14)21(5,6)7/h11-12,23H,8-10,13H2,1-7H3,(H,24,25)(H,26,27)/p-2. The van der Waals surface area contributed by atoms with Gasteiger partial charge in [0.2, 0.25) is 0 Å². The van der Waals surface area contributed by atoms with Crippen LogP contribution >= 0.6 is 0 Å². The van der Waals surface area contributed by atoms with E-state index in [9.17, 15) is 24.9 Å². The number of phenols is 1. The molecule has 0 fully saturated rings. The molecule has 0 spiro atoms. The highest BCUT2D eigenvalue weighted by Crippen LogP contribution is 2.41. The van der Waals surface area contributed by atoms with Crippen molar-refractivity contribution in [1.29, 1.82) is 0 Å². The Morgan fingerprint density at radius 3 is 1.63 bits per heavy atom. The minimum Gasteiger partial charge on any atom is -0.549 e. The van der Waals surface area contributed by atoms with E-state index < -0.39 is 28.2 Å². The first-order valence-electron chi connectivity index (χ1n) is 9.46. The summed E-state index contributed by atoms with van der Waals surface area (Å²) >= 11 is 0. The number of carboxylic acids is 2. The summed E-state index contributed by atoms with van der Waals surface area (Å²) in [7, 11) is 0. The van der Waals surface area contributed by atoms with Gasteiger partial charge in [-0.05, 0) is 40.4 Å². The van der Waals surface area contributed by atoms with Crippen molar-refractivity contribution in [2.75, 3.05) is 0 Å². The fraction of sp³-hybridized carbons (Fsp3) is 0.636. The molecule has 0 radical (unpaired) electrons. The maximum atomic E-state index is 11.8. The zero-order valence-corrected chi connectivity index (χ0v) is 17.6. The average Bonchev–Trinajstić information content (AvgIpc) is 2.49. The summed E-state index contributed by atoms with van der Waals surface area (Å²) in [6.07, 6.45) is 0.825. The molecular weight excluding hydrogens is 344 g/mol. The number of aromatic hydroxyl groups is 1. The number of carboxylic acid groups (broad SMARTS) is 2. The lowest BCUT2D eigenvalue weighted by molar-refractivity contribution is -0.343. The summed E-state index contributed by atoms with van der Waals surface area (Å²) < 4.78 is 0. The van der Waals surface area contributed by atoms with E-state index in [0.717, 1.165) is 0 Å². The topological polar surface area (TPSA) is 100 Å². The number of carbonyl (C=O) groups excluding carboxylic acids is 2. The number of unbranched alkanes of at least 4 members (excludes halogenated alkanes) is 1. The third-order valence-electron chi connectivity index (χ3n) is 5.03. The van der Waals surface area contributed by atoms with Crippen LogP contribution in [-0.4, -0.2) is 17.0 Å². The highest BCUT2D eigenvalue weighted by atomic mass is 16.4. The van der Waals surface area contributed by atoms with Crippen LogP contribution in [0.4, 0.5) is 0 Å². The van der Waals surface area contributed by atoms with E-state index in [1.54, 1.807) is 12.1 Å². The molecule has 1 rings (SSSR count). The number of hydrogen-bond acceptors (Lipinski definition) is 5. The number of benzene rings is 1. The highest BCUT2D eigenvalue weighted by molar-refractivity contribution is 5.96. The lowest BCUT2D eigenvalue weighted by Crippen LogP contribution is -2.55. The van der Waals surface area contributed by atoms with Crippen LogP contribution in [0, 0.1) is 5.41 Å². The van der Waals surface area contributed by atoms with E-state index in [0.29, 0.717) is 29.5 Å². The van der Waals surface area contributed by atoms with Gasteiger partial charge < -0.3 is 24.9 Å². The number of hydrogen-bond donors (Lipinski definition) is 1. The molecule has 5 nitrogen and oxygen atoms in total. The van der Waals surface area contributed by atoms with Gasteiger partial charge >= 0.3 is 0 Å². The molecule has 1 N–H and O–H groups in total. The SMILES string of the molecule is CCCCC(Cc1cc(C(C)(C)C)c(O)c(C(C)(C)C)c1)(C(=O)[O-])C(=O)[O-]. The zero-order valence-electron chi connectivity index (χ0n) is 17.6. The van der Waals surface area contributed by atoms with Gasteiger partial charge in [-0.1, -0.05) is 73.4 Å². The number of carbonyl (C=O) groups is 2. The molecule has 0 amide bonds. The second-order valence-electron chi connectivity index (χ2n) is 9.48.